The number of fused-ring (bicyclic) bond motifs is 1. The molecule has 2 rings (SSSR count). The Morgan fingerprint density at radius 3 is 2.57 bits per heavy atom. The number of para-hydroxylation sites is 1. The van der Waals surface area contributed by atoms with Crippen molar-refractivity contribution in [2.45, 2.75) is 32.5 Å². The maximum absolute atomic E-state index is 13.0. The molecular formula is C19H27N5O3S. The van der Waals surface area contributed by atoms with Crippen LogP contribution in [-0.4, -0.2) is 58.3 Å². The van der Waals surface area contributed by atoms with Gasteiger partial charge in [-0.2, -0.15) is 0 Å². The van der Waals surface area contributed by atoms with E-state index in [0.717, 1.165) is 24.9 Å². The summed E-state index contributed by atoms with van der Waals surface area (Å²) in [7, 11) is 0. The van der Waals surface area contributed by atoms with Crippen LogP contribution in [0.25, 0.3) is 10.9 Å². The Kier molecular flexibility index (Phi) is 8.46. The Morgan fingerprint density at radius 1 is 1.18 bits per heavy atom. The molecule has 2 aromatic rings. The molecule has 8 nitrogen and oxygen atoms in total. The lowest BCUT2D eigenvalue weighted by atomic mass is 10.2. The van der Waals surface area contributed by atoms with Gasteiger partial charge in [0.1, 0.15) is 0 Å². The number of amides is 3. The van der Waals surface area contributed by atoms with Crippen LogP contribution >= 0.6 is 11.8 Å². The molecule has 9 heteroatoms. The standard InChI is InChI=1S/C19H27N5O3S/c1-4-20-18(27)22-16(25)13-28-19-21-15-10-8-7-9-14(15)17(26)24(19)12-11-23(5-2)6-3/h7-10H,4-6,11-13H2,1-3H3,(H2,20,22,25,27). The average Bonchev–Trinajstić information content (AvgIpc) is 2.69. The molecule has 2 N–H and O–H groups in total. The molecule has 0 radical (unpaired) electrons. The minimum atomic E-state index is -0.529. The Labute approximate surface area is 168 Å². The number of imide groups is 1. The van der Waals surface area contributed by atoms with Gasteiger partial charge in [0.25, 0.3) is 5.56 Å². The first-order chi connectivity index (χ1) is 13.5. The predicted molar refractivity (Wildman–Crippen MR) is 112 cm³/mol. The number of nitrogens with one attached hydrogen (secondary N) is 2. The molecule has 1 aromatic heterocycles. The second-order valence-electron chi connectivity index (χ2n) is 6.09. The summed E-state index contributed by atoms with van der Waals surface area (Å²) in [5.41, 5.74) is 0.475. The van der Waals surface area contributed by atoms with Crippen molar-refractivity contribution in [2.75, 3.05) is 31.9 Å². The number of benzene rings is 1. The Balaban J connectivity index is 2.24. The highest BCUT2D eigenvalue weighted by atomic mass is 32.2. The molecule has 0 saturated heterocycles. The molecule has 0 atom stereocenters. The monoisotopic (exact) mass is 405 g/mol. The smallest absolute Gasteiger partial charge is 0.321 e. The van der Waals surface area contributed by atoms with Gasteiger partial charge in [0.05, 0.1) is 16.7 Å². The topological polar surface area (TPSA) is 96.3 Å². The molecule has 0 spiro atoms. The summed E-state index contributed by atoms with van der Waals surface area (Å²) in [6, 6.07) is 6.65. The summed E-state index contributed by atoms with van der Waals surface area (Å²) >= 11 is 1.15. The van der Waals surface area contributed by atoms with Gasteiger partial charge in [-0.3, -0.25) is 19.5 Å². The number of carbonyl (C=O) groups is 2. The molecule has 0 fully saturated rings. The molecule has 0 unspecified atom stereocenters. The number of urea groups is 1. The van der Waals surface area contributed by atoms with Gasteiger partial charge in [0.15, 0.2) is 5.16 Å². The van der Waals surface area contributed by atoms with Gasteiger partial charge < -0.3 is 10.2 Å². The third kappa shape index (κ3) is 5.80. The average molecular weight is 406 g/mol. The van der Waals surface area contributed by atoms with Crippen LogP contribution in [0.2, 0.25) is 0 Å². The summed E-state index contributed by atoms with van der Waals surface area (Å²) in [4.78, 5) is 43.3. The third-order valence-electron chi connectivity index (χ3n) is 4.28. The van der Waals surface area contributed by atoms with E-state index in [4.69, 9.17) is 0 Å². The van der Waals surface area contributed by atoms with E-state index in [1.54, 1.807) is 23.6 Å². The van der Waals surface area contributed by atoms with Crippen molar-refractivity contribution in [3.8, 4) is 0 Å². The molecule has 0 aliphatic carbocycles. The van der Waals surface area contributed by atoms with Crippen LogP contribution in [0.15, 0.2) is 34.2 Å². The van der Waals surface area contributed by atoms with Gasteiger partial charge in [0.2, 0.25) is 5.91 Å². The van der Waals surface area contributed by atoms with Gasteiger partial charge in [-0.05, 0) is 32.1 Å². The van der Waals surface area contributed by atoms with Crippen molar-refractivity contribution in [3.05, 3.63) is 34.6 Å². The van der Waals surface area contributed by atoms with Gasteiger partial charge in [0, 0.05) is 19.6 Å². The Bertz CT molecular complexity index is 879. The summed E-state index contributed by atoms with van der Waals surface area (Å²) in [6.45, 7) is 9.34. The molecule has 0 aliphatic heterocycles. The second-order valence-corrected chi connectivity index (χ2v) is 7.03. The highest BCUT2D eigenvalue weighted by Crippen LogP contribution is 2.17. The van der Waals surface area contributed by atoms with Gasteiger partial charge in [-0.15, -0.1) is 0 Å². The highest BCUT2D eigenvalue weighted by molar-refractivity contribution is 7.99. The maximum atomic E-state index is 13.0. The molecule has 152 valence electrons. The fraction of sp³-hybridized carbons (Fsp3) is 0.474. The normalized spacial score (nSPS) is 11.0. The van der Waals surface area contributed by atoms with Crippen molar-refractivity contribution < 1.29 is 9.59 Å². The number of likely N-dealkylation sites (N-methyl/N-ethyl adjacent to an activating group) is 1. The van der Waals surface area contributed by atoms with Crippen LogP contribution in [0.4, 0.5) is 4.79 Å². The Hall–Kier alpha value is -2.39. The van der Waals surface area contributed by atoms with Crippen molar-refractivity contribution in [2.24, 2.45) is 0 Å². The lowest BCUT2D eigenvalue weighted by Gasteiger charge is -2.20. The van der Waals surface area contributed by atoms with Crippen molar-refractivity contribution in [1.29, 1.82) is 0 Å². The molecule has 1 heterocycles. The van der Waals surface area contributed by atoms with Crippen LogP contribution in [0, 0.1) is 0 Å². The van der Waals surface area contributed by atoms with Crippen LogP contribution in [0.3, 0.4) is 0 Å². The molecule has 1 aromatic carbocycles. The van der Waals surface area contributed by atoms with E-state index in [0.29, 0.717) is 35.7 Å². The summed E-state index contributed by atoms with van der Waals surface area (Å²) in [5.74, 6) is -0.443. The van der Waals surface area contributed by atoms with E-state index in [1.165, 1.54) is 0 Å². The number of nitrogens with zero attached hydrogens (tertiary/aromatic N) is 3. The second kappa shape index (κ2) is 10.8. The van der Waals surface area contributed by atoms with E-state index in [-0.39, 0.29) is 11.3 Å². The predicted octanol–water partition coefficient (Wildman–Crippen LogP) is 1.68. The van der Waals surface area contributed by atoms with E-state index in [1.807, 2.05) is 12.1 Å². The summed E-state index contributed by atoms with van der Waals surface area (Å²) < 4.78 is 1.62. The SMILES string of the molecule is CCNC(=O)NC(=O)CSc1nc2ccccc2c(=O)n1CCN(CC)CC. The van der Waals surface area contributed by atoms with Crippen LogP contribution in [0.1, 0.15) is 20.8 Å². The van der Waals surface area contributed by atoms with Crippen molar-refractivity contribution in [3.63, 3.8) is 0 Å². The van der Waals surface area contributed by atoms with E-state index in [2.05, 4.69) is 34.4 Å². The summed E-state index contributed by atoms with van der Waals surface area (Å²) in [6.07, 6.45) is 0. The largest absolute Gasteiger partial charge is 0.338 e. The Morgan fingerprint density at radius 2 is 1.89 bits per heavy atom. The van der Waals surface area contributed by atoms with E-state index < -0.39 is 11.9 Å². The van der Waals surface area contributed by atoms with Crippen LogP contribution in [-0.2, 0) is 11.3 Å². The van der Waals surface area contributed by atoms with E-state index in [9.17, 15) is 14.4 Å². The maximum Gasteiger partial charge on any atom is 0.321 e. The zero-order valence-electron chi connectivity index (χ0n) is 16.5. The minimum absolute atomic E-state index is 0.00676. The molecule has 0 aliphatic rings. The third-order valence-corrected chi connectivity index (χ3v) is 5.26. The number of hydrogen-bond donors (Lipinski definition) is 2. The molecule has 0 bridgehead atoms. The fourth-order valence-corrected chi connectivity index (χ4v) is 3.56. The van der Waals surface area contributed by atoms with Gasteiger partial charge in [-0.1, -0.05) is 37.7 Å². The first-order valence-electron chi connectivity index (χ1n) is 9.42. The first kappa shape index (κ1) is 21.9. The van der Waals surface area contributed by atoms with E-state index >= 15 is 0 Å². The lowest BCUT2D eigenvalue weighted by molar-refractivity contribution is -0.117. The van der Waals surface area contributed by atoms with Gasteiger partial charge >= 0.3 is 6.03 Å². The molecule has 28 heavy (non-hydrogen) atoms. The molecule has 3 amide bonds. The van der Waals surface area contributed by atoms with Crippen molar-refractivity contribution >= 4 is 34.6 Å². The minimum Gasteiger partial charge on any atom is -0.338 e. The zero-order chi connectivity index (χ0) is 20.5. The van der Waals surface area contributed by atoms with Crippen LogP contribution < -0.4 is 16.2 Å². The highest BCUT2D eigenvalue weighted by Gasteiger charge is 2.15. The number of thioether (sulfide) groups is 1. The quantitative estimate of drug-likeness (QED) is 0.487. The lowest BCUT2D eigenvalue weighted by Crippen LogP contribution is -2.40. The van der Waals surface area contributed by atoms with Gasteiger partial charge in [-0.25, -0.2) is 9.78 Å². The molecular weight excluding hydrogens is 378 g/mol. The molecule has 0 saturated carbocycles. The number of carbonyl (C=O) groups excluding carboxylic acids is 2. The number of aromatic nitrogens is 2. The summed E-state index contributed by atoms with van der Waals surface area (Å²) in [5, 5.41) is 5.79. The van der Waals surface area contributed by atoms with Crippen molar-refractivity contribution in [1.82, 2.24) is 25.1 Å². The number of hydrogen-bond acceptors (Lipinski definition) is 6. The number of rotatable bonds is 9. The fourth-order valence-electron chi connectivity index (χ4n) is 2.73. The zero-order valence-corrected chi connectivity index (χ0v) is 17.3. The first-order valence-corrected chi connectivity index (χ1v) is 10.4. The van der Waals surface area contributed by atoms with Crippen LogP contribution in [0.5, 0.6) is 0 Å².